The Labute approximate surface area is 183 Å². The lowest BCUT2D eigenvalue weighted by Gasteiger charge is -2.26. The van der Waals surface area contributed by atoms with Crippen LogP contribution in [0.4, 0.5) is 0 Å². The van der Waals surface area contributed by atoms with Crippen LogP contribution in [0.25, 0.3) is 22.6 Å². The van der Waals surface area contributed by atoms with Gasteiger partial charge in [-0.2, -0.15) is 5.26 Å². The molecule has 30 heavy (non-hydrogen) atoms. The Balaban J connectivity index is 0.00000256. The molecule has 1 aliphatic rings. The summed E-state index contributed by atoms with van der Waals surface area (Å²) in [4.78, 5) is 2.52. The Morgan fingerprint density at radius 2 is 1.87 bits per heavy atom. The van der Waals surface area contributed by atoms with Crippen LogP contribution < -0.4 is 4.74 Å². The summed E-state index contributed by atoms with van der Waals surface area (Å²) in [6.45, 7) is 4.15. The number of rotatable bonds is 7. The van der Waals surface area contributed by atoms with E-state index < -0.39 is 0 Å². The Kier molecular flexibility index (Phi) is 7.89. The van der Waals surface area contributed by atoms with Crippen LogP contribution in [0.2, 0.25) is 0 Å². The van der Waals surface area contributed by atoms with Gasteiger partial charge in [-0.3, -0.25) is 0 Å². The van der Waals surface area contributed by atoms with Crippen LogP contribution in [0.3, 0.4) is 0 Å². The zero-order valence-electron chi connectivity index (χ0n) is 16.9. The Hall–Kier alpha value is -2.81. The van der Waals surface area contributed by atoms with Crippen LogP contribution in [0.1, 0.15) is 36.9 Å². The number of nitrogens with zero attached hydrogens (tertiary/aromatic N) is 3. The molecular weight excluding hydrogens is 398 g/mol. The minimum Gasteiger partial charge on any atom is -0.493 e. The van der Waals surface area contributed by atoms with Crippen molar-refractivity contribution in [3.8, 4) is 11.8 Å². The number of para-hydroxylation sites is 2. The van der Waals surface area contributed by atoms with Crippen LogP contribution in [0, 0.1) is 11.3 Å². The topological polar surface area (TPSA) is 62.3 Å². The van der Waals surface area contributed by atoms with Gasteiger partial charge in [0.1, 0.15) is 17.5 Å². The predicted octanol–water partition coefficient (Wildman–Crippen LogP) is 5.57. The van der Waals surface area contributed by atoms with Gasteiger partial charge in [-0.25, -0.2) is 0 Å². The van der Waals surface area contributed by atoms with E-state index in [9.17, 15) is 5.26 Å². The van der Waals surface area contributed by atoms with Gasteiger partial charge in [0.2, 0.25) is 0 Å². The largest absolute Gasteiger partial charge is 0.493 e. The van der Waals surface area contributed by atoms with Gasteiger partial charge in [-0.15, -0.1) is 12.4 Å². The third kappa shape index (κ3) is 5.21. The van der Waals surface area contributed by atoms with Gasteiger partial charge in [-0.05, 0) is 56.6 Å². The number of halogens is 1. The van der Waals surface area contributed by atoms with Gasteiger partial charge in [0.05, 0.1) is 17.6 Å². The summed E-state index contributed by atoms with van der Waals surface area (Å²) in [5, 5.41) is 14.7. The normalized spacial score (nSPS) is 14.8. The molecule has 0 N–H and O–H groups in total. The molecule has 5 nitrogen and oxygen atoms in total. The van der Waals surface area contributed by atoms with Gasteiger partial charge >= 0.3 is 0 Å². The number of piperidine rings is 1. The minimum absolute atomic E-state index is 0. The molecule has 156 valence electrons. The second-order valence-electron chi connectivity index (χ2n) is 7.34. The van der Waals surface area contributed by atoms with Crippen molar-refractivity contribution in [1.29, 1.82) is 5.26 Å². The van der Waals surface area contributed by atoms with E-state index in [4.69, 9.17) is 9.26 Å². The summed E-state index contributed by atoms with van der Waals surface area (Å²) >= 11 is 0. The summed E-state index contributed by atoms with van der Waals surface area (Å²) in [6, 6.07) is 17.6. The van der Waals surface area contributed by atoms with Crippen LogP contribution in [-0.2, 0) is 0 Å². The van der Waals surface area contributed by atoms with E-state index in [1.54, 1.807) is 0 Å². The van der Waals surface area contributed by atoms with Crippen molar-refractivity contribution in [3.05, 3.63) is 59.8 Å². The molecule has 1 aromatic heterocycles. The van der Waals surface area contributed by atoms with E-state index in [0.717, 1.165) is 29.7 Å². The molecular formula is C24H26ClN3O2. The fraction of sp³-hybridized carbons (Fsp3) is 0.333. The van der Waals surface area contributed by atoms with Crippen molar-refractivity contribution in [2.75, 3.05) is 26.2 Å². The standard InChI is InChI=1S/C24H25N3O2.ClH/c25-18-20(24-21-10-3-5-12-23(21)29-26-24)17-19-9-2-4-11-22(19)28-16-8-15-27-13-6-1-7-14-27;/h2-5,9-12,17H,1,6-8,13-16H2;1H/b20-17+;. The number of ether oxygens (including phenoxy) is 1. The van der Waals surface area contributed by atoms with Crippen molar-refractivity contribution in [2.45, 2.75) is 25.7 Å². The highest BCUT2D eigenvalue weighted by atomic mass is 35.5. The molecule has 6 heteroatoms. The molecule has 1 saturated heterocycles. The van der Waals surface area contributed by atoms with Crippen molar-refractivity contribution < 1.29 is 9.26 Å². The molecule has 2 aromatic carbocycles. The molecule has 0 spiro atoms. The zero-order chi connectivity index (χ0) is 19.9. The molecule has 0 saturated carbocycles. The number of likely N-dealkylation sites (tertiary alicyclic amines) is 1. The molecule has 1 fully saturated rings. The van der Waals surface area contributed by atoms with Gasteiger partial charge in [-0.1, -0.05) is 41.9 Å². The maximum absolute atomic E-state index is 9.72. The van der Waals surface area contributed by atoms with Crippen molar-refractivity contribution in [3.63, 3.8) is 0 Å². The summed E-state index contributed by atoms with van der Waals surface area (Å²) in [5.41, 5.74) is 2.56. The first-order valence-electron chi connectivity index (χ1n) is 10.3. The third-order valence-electron chi connectivity index (χ3n) is 5.30. The summed E-state index contributed by atoms with van der Waals surface area (Å²) in [5.74, 6) is 0.784. The highest BCUT2D eigenvalue weighted by Crippen LogP contribution is 2.28. The van der Waals surface area contributed by atoms with E-state index >= 15 is 0 Å². The Morgan fingerprint density at radius 1 is 1.10 bits per heavy atom. The highest BCUT2D eigenvalue weighted by molar-refractivity contribution is 5.99. The van der Waals surface area contributed by atoms with E-state index in [1.807, 2.05) is 54.6 Å². The molecule has 0 bridgehead atoms. The maximum Gasteiger partial charge on any atom is 0.167 e. The van der Waals surface area contributed by atoms with Crippen LogP contribution in [0.5, 0.6) is 5.75 Å². The third-order valence-corrected chi connectivity index (χ3v) is 5.30. The SMILES string of the molecule is Cl.N#C/C(=C\c1ccccc1OCCCN1CCCCC1)c1noc2ccccc12. The lowest BCUT2D eigenvalue weighted by atomic mass is 10.1. The second kappa shape index (κ2) is 10.8. The van der Waals surface area contributed by atoms with E-state index in [-0.39, 0.29) is 12.4 Å². The molecule has 0 radical (unpaired) electrons. The van der Waals surface area contributed by atoms with E-state index in [2.05, 4.69) is 16.1 Å². The van der Waals surface area contributed by atoms with Crippen LogP contribution >= 0.6 is 12.4 Å². The van der Waals surface area contributed by atoms with E-state index in [1.165, 1.54) is 32.4 Å². The van der Waals surface area contributed by atoms with Gasteiger partial charge in [0, 0.05) is 12.1 Å². The average Bonchev–Trinajstić information content (AvgIpc) is 3.21. The quantitative estimate of drug-likeness (QED) is 0.367. The minimum atomic E-state index is 0. The molecule has 4 rings (SSSR count). The molecule has 0 unspecified atom stereocenters. The monoisotopic (exact) mass is 423 g/mol. The molecule has 0 atom stereocenters. The second-order valence-corrected chi connectivity index (χ2v) is 7.34. The number of aromatic nitrogens is 1. The number of hydrogen-bond acceptors (Lipinski definition) is 5. The van der Waals surface area contributed by atoms with E-state index in [0.29, 0.717) is 23.5 Å². The Bertz CT molecular complexity index is 1030. The van der Waals surface area contributed by atoms with Crippen molar-refractivity contribution in [1.82, 2.24) is 10.1 Å². The maximum atomic E-state index is 9.72. The molecule has 3 aromatic rings. The summed E-state index contributed by atoms with van der Waals surface area (Å²) in [6.07, 6.45) is 6.79. The Morgan fingerprint density at radius 3 is 2.70 bits per heavy atom. The van der Waals surface area contributed by atoms with Crippen molar-refractivity contribution in [2.24, 2.45) is 0 Å². The lowest BCUT2D eigenvalue weighted by Crippen LogP contribution is -2.31. The van der Waals surface area contributed by atoms with Gasteiger partial charge < -0.3 is 14.2 Å². The number of nitriles is 1. The summed E-state index contributed by atoms with van der Waals surface area (Å²) < 4.78 is 11.4. The molecule has 2 heterocycles. The fourth-order valence-electron chi connectivity index (χ4n) is 3.77. The first-order valence-corrected chi connectivity index (χ1v) is 10.3. The molecule has 1 aliphatic heterocycles. The molecule has 0 aliphatic carbocycles. The number of fused-ring (bicyclic) bond motifs is 1. The first-order chi connectivity index (χ1) is 14.3. The summed E-state index contributed by atoms with van der Waals surface area (Å²) in [7, 11) is 0. The average molecular weight is 424 g/mol. The highest BCUT2D eigenvalue weighted by Gasteiger charge is 2.14. The fourth-order valence-corrected chi connectivity index (χ4v) is 3.77. The number of hydrogen-bond donors (Lipinski definition) is 0. The van der Waals surface area contributed by atoms with Crippen LogP contribution in [-0.4, -0.2) is 36.3 Å². The van der Waals surface area contributed by atoms with Gasteiger partial charge in [0.25, 0.3) is 0 Å². The van der Waals surface area contributed by atoms with Crippen LogP contribution in [0.15, 0.2) is 53.1 Å². The zero-order valence-corrected chi connectivity index (χ0v) is 17.7. The van der Waals surface area contributed by atoms with Gasteiger partial charge in [0.15, 0.2) is 5.58 Å². The first kappa shape index (κ1) is 21.9. The smallest absolute Gasteiger partial charge is 0.167 e. The van der Waals surface area contributed by atoms with Crippen molar-refractivity contribution >= 4 is 35.0 Å². The molecule has 0 amide bonds. The lowest BCUT2D eigenvalue weighted by molar-refractivity contribution is 0.205. The number of allylic oxidation sites excluding steroid dienone is 1. The number of benzene rings is 2. The predicted molar refractivity (Wildman–Crippen MR) is 122 cm³/mol.